The minimum Gasteiger partial charge on any atom is -0.313 e. The molecule has 0 aliphatic heterocycles. The van der Waals surface area contributed by atoms with Crippen LogP contribution in [0, 0.1) is 13.8 Å². The first-order valence-corrected chi connectivity index (χ1v) is 7.01. The molecule has 102 valence electrons. The van der Waals surface area contributed by atoms with Gasteiger partial charge >= 0.3 is 0 Å². The third-order valence-corrected chi connectivity index (χ3v) is 3.83. The van der Waals surface area contributed by atoms with Crippen molar-refractivity contribution < 1.29 is 0 Å². The van der Waals surface area contributed by atoms with E-state index in [-0.39, 0.29) is 0 Å². The SMILES string of the molecule is CCNCc1ccc(Cl)cc1-n1nc(C)c(Cl)c1C. The quantitative estimate of drug-likeness (QED) is 0.927. The largest absolute Gasteiger partial charge is 0.313 e. The molecule has 0 unspecified atom stereocenters. The van der Waals surface area contributed by atoms with E-state index in [1.807, 2.05) is 36.7 Å². The predicted molar refractivity (Wildman–Crippen MR) is 80.4 cm³/mol. The van der Waals surface area contributed by atoms with Gasteiger partial charge < -0.3 is 5.32 Å². The molecular formula is C14H17Cl2N3. The highest BCUT2D eigenvalue weighted by atomic mass is 35.5. The molecule has 0 aliphatic carbocycles. The molecule has 19 heavy (non-hydrogen) atoms. The molecule has 0 atom stereocenters. The number of aryl methyl sites for hydroxylation is 1. The topological polar surface area (TPSA) is 29.9 Å². The van der Waals surface area contributed by atoms with Gasteiger partial charge in [0.05, 0.1) is 22.1 Å². The van der Waals surface area contributed by atoms with Crippen LogP contribution in [-0.4, -0.2) is 16.3 Å². The lowest BCUT2D eigenvalue weighted by molar-refractivity contribution is 0.713. The van der Waals surface area contributed by atoms with Gasteiger partial charge in [0.25, 0.3) is 0 Å². The molecule has 1 heterocycles. The zero-order chi connectivity index (χ0) is 14.0. The smallest absolute Gasteiger partial charge is 0.0848 e. The number of nitrogens with zero attached hydrogens (tertiary/aromatic N) is 2. The van der Waals surface area contributed by atoms with Crippen molar-refractivity contribution in [2.24, 2.45) is 0 Å². The van der Waals surface area contributed by atoms with Crippen LogP contribution in [0.4, 0.5) is 0 Å². The van der Waals surface area contributed by atoms with Crippen molar-refractivity contribution in [2.45, 2.75) is 27.3 Å². The van der Waals surface area contributed by atoms with E-state index in [2.05, 4.69) is 17.3 Å². The van der Waals surface area contributed by atoms with Crippen molar-refractivity contribution in [1.82, 2.24) is 15.1 Å². The van der Waals surface area contributed by atoms with E-state index in [9.17, 15) is 0 Å². The van der Waals surface area contributed by atoms with E-state index in [0.29, 0.717) is 10.0 Å². The third-order valence-electron chi connectivity index (χ3n) is 3.04. The molecule has 0 amide bonds. The maximum Gasteiger partial charge on any atom is 0.0848 e. The molecule has 0 aliphatic rings. The maximum absolute atomic E-state index is 6.21. The standard InChI is InChI=1S/C14H17Cl2N3/c1-4-17-8-11-5-6-12(15)7-13(11)19-10(3)14(16)9(2)18-19/h5-7,17H,4,8H2,1-3H3. The minimum absolute atomic E-state index is 0.693. The summed E-state index contributed by atoms with van der Waals surface area (Å²) in [6, 6.07) is 5.83. The molecular weight excluding hydrogens is 281 g/mol. The van der Waals surface area contributed by atoms with E-state index in [4.69, 9.17) is 23.2 Å². The zero-order valence-electron chi connectivity index (χ0n) is 11.3. The highest BCUT2D eigenvalue weighted by molar-refractivity contribution is 6.32. The van der Waals surface area contributed by atoms with Crippen molar-refractivity contribution in [1.29, 1.82) is 0 Å². The van der Waals surface area contributed by atoms with E-state index in [1.165, 1.54) is 0 Å². The van der Waals surface area contributed by atoms with Crippen LogP contribution in [0.1, 0.15) is 23.9 Å². The highest BCUT2D eigenvalue weighted by Crippen LogP contribution is 2.26. The van der Waals surface area contributed by atoms with E-state index in [1.54, 1.807) is 0 Å². The monoisotopic (exact) mass is 297 g/mol. The molecule has 2 aromatic rings. The van der Waals surface area contributed by atoms with Gasteiger partial charge in [-0.2, -0.15) is 5.10 Å². The van der Waals surface area contributed by atoms with Crippen LogP contribution in [0.25, 0.3) is 5.69 Å². The summed E-state index contributed by atoms with van der Waals surface area (Å²) in [5.41, 5.74) is 3.88. The van der Waals surface area contributed by atoms with Crippen molar-refractivity contribution in [3.8, 4) is 5.69 Å². The molecule has 0 spiro atoms. The Labute approximate surface area is 123 Å². The first kappa shape index (κ1) is 14.4. The van der Waals surface area contributed by atoms with Crippen molar-refractivity contribution in [3.05, 3.63) is 45.2 Å². The van der Waals surface area contributed by atoms with Gasteiger partial charge in [-0.15, -0.1) is 0 Å². The van der Waals surface area contributed by atoms with E-state index < -0.39 is 0 Å². The molecule has 2 rings (SSSR count). The Hall–Kier alpha value is -1.03. The van der Waals surface area contributed by atoms with Gasteiger partial charge in [0.1, 0.15) is 0 Å². The van der Waals surface area contributed by atoms with Crippen LogP contribution in [0.5, 0.6) is 0 Å². The molecule has 0 saturated carbocycles. The van der Waals surface area contributed by atoms with Gasteiger partial charge in [0, 0.05) is 11.6 Å². The molecule has 0 bridgehead atoms. The lowest BCUT2D eigenvalue weighted by atomic mass is 10.1. The Morgan fingerprint density at radius 1 is 1.26 bits per heavy atom. The maximum atomic E-state index is 6.21. The second-order valence-corrected chi connectivity index (χ2v) is 5.26. The van der Waals surface area contributed by atoms with Crippen LogP contribution < -0.4 is 5.32 Å². The molecule has 0 fully saturated rings. The van der Waals surface area contributed by atoms with Crippen LogP contribution in [0.2, 0.25) is 10.0 Å². The van der Waals surface area contributed by atoms with Crippen molar-refractivity contribution >= 4 is 23.2 Å². The number of benzene rings is 1. The molecule has 5 heteroatoms. The van der Waals surface area contributed by atoms with Crippen molar-refractivity contribution in [2.75, 3.05) is 6.54 Å². The Morgan fingerprint density at radius 3 is 2.58 bits per heavy atom. The van der Waals surface area contributed by atoms with Gasteiger partial charge in [-0.3, -0.25) is 0 Å². The Balaban J connectivity index is 2.52. The number of nitrogens with one attached hydrogen (secondary N) is 1. The average Bonchev–Trinajstić information content (AvgIpc) is 2.65. The van der Waals surface area contributed by atoms with Crippen LogP contribution >= 0.6 is 23.2 Å². The number of hydrogen-bond acceptors (Lipinski definition) is 2. The lowest BCUT2D eigenvalue weighted by Crippen LogP contribution is -2.14. The molecule has 1 N–H and O–H groups in total. The number of rotatable bonds is 4. The summed E-state index contributed by atoms with van der Waals surface area (Å²) in [7, 11) is 0. The molecule has 3 nitrogen and oxygen atoms in total. The summed E-state index contributed by atoms with van der Waals surface area (Å²) >= 11 is 12.3. The zero-order valence-corrected chi connectivity index (χ0v) is 12.8. The average molecular weight is 298 g/mol. The Kier molecular flexibility index (Phi) is 4.50. The highest BCUT2D eigenvalue weighted by Gasteiger charge is 2.13. The lowest BCUT2D eigenvalue weighted by Gasteiger charge is -2.12. The van der Waals surface area contributed by atoms with Crippen LogP contribution in [0.15, 0.2) is 18.2 Å². The summed E-state index contributed by atoms with van der Waals surface area (Å²) in [4.78, 5) is 0. The molecule has 0 saturated heterocycles. The van der Waals surface area contributed by atoms with Gasteiger partial charge in [0.2, 0.25) is 0 Å². The van der Waals surface area contributed by atoms with Crippen LogP contribution in [0.3, 0.4) is 0 Å². The normalized spacial score (nSPS) is 11.0. The van der Waals surface area contributed by atoms with Gasteiger partial charge in [0.15, 0.2) is 0 Å². The summed E-state index contributed by atoms with van der Waals surface area (Å²) in [5, 5.41) is 9.20. The fourth-order valence-corrected chi connectivity index (χ4v) is 2.29. The van der Waals surface area contributed by atoms with Gasteiger partial charge in [-0.1, -0.05) is 36.2 Å². The fourth-order valence-electron chi connectivity index (χ4n) is 2.00. The molecule has 0 radical (unpaired) electrons. The summed E-state index contributed by atoms with van der Waals surface area (Å²) in [6.45, 7) is 7.63. The van der Waals surface area contributed by atoms with E-state index >= 15 is 0 Å². The Morgan fingerprint density at radius 2 is 2.00 bits per heavy atom. The summed E-state index contributed by atoms with van der Waals surface area (Å²) < 4.78 is 1.86. The second kappa shape index (κ2) is 5.95. The number of aromatic nitrogens is 2. The summed E-state index contributed by atoms with van der Waals surface area (Å²) in [5.74, 6) is 0. The summed E-state index contributed by atoms with van der Waals surface area (Å²) in [6.07, 6.45) is 0. The number of halogens is 2. The molecule has 1 aromatic carbocycles. The van der Waals surface area contributed by atoms with E-state index in [0.717, 1.165) is 35.7 Å². The van der Waals surface area contributed by atoms with Crippen molar-refractivity contribution in [3.63, 3.8) is 0 Å². The Bertz CT molecular complexity index is 591. The molecule has 1 aromatic heterocycles. The first-order chi connectivity index (χ1) is 9.04. The minimum atomic E-state index is 0.693. The van der Waals surface area contributed by atoms with Crippen LogP contribution in [-0.2, 0) is 6.54 Å². The second-order valence-electron chi connectivity index (χ2n) is 4.45. The number of hydrogen-bond donors (Lipinski definition) is 1. The third kappa shape index (κ3) is 2.94. The fraction of sp³-hybridized carbons (Fsp3) is 0.357. The van der Waals surface area contributed by atoms with Gasteiger partial charge in [-0.05, 0) is 38.1 Å². The first-order valence-electron chi connectivity index (χ1n) is 6.25. The predicted octanol–water partition coefficient (Wildman–Crippen LogP) is 3.91. The van der Waals surface area contributed by atoms with Gasteiger partial charge in [-0.25, -0.2) is 4.68 Å².